The molecule has 1 unspecified atom stereocenters. The molecule has 0 aliphatic carbocycles. The summed E-state index contributed by atoms with van der Waals surface area (Å²) in [7, 11) is 0. The van der Waals surface area contributed by atoms with Gasteiger partial charge in [-0.05, 0) is 44.4 Å². The molecule has 1 saturated heterocycles. The molecular weight excluding hydrogens is 320 g/mol. The van der Waals surface area contributed by atoms with E-state index >= 15 is 0 Å². The van der Waals surface area contributed by atoms with Crippen molar-refractivity contribution in [2.75, 3.05) is 11.9 Å². The highest BCUT2D eigenvalue weighted by molar-refractivity contribution is 9.09. The fraction of sp³-hybridized carbons (Fsp3) is 0.533. The number of alkyl halides is 1. The van der Waals surface area contributed by atoms with E-state index in [1.165, 1.54) is 41.9 Å². The van der Waals surface area contributed by atoms with Gasteiger partial charge < -0.3 is 0 Å². The van der Waals surface area contributed by atoms with Gasteiger partial charge in [-0.1, -0.05) is 28.1 Å². The molecule has 0 bridgehead atoms. The number of para-hydroxylation sites is 1. The van der Waals surface area contributed by atoms with Gasteiger partial charge in [0.2, 0.25) is 0 Å². The van der Waals surface area contributed by atoms with Gasteiger partial charge in [-0.25, -0.2) is 4.98 Å². The number of rotatable bonds is 5. The number of hydrogen-bond acceptors (Lipinski definition) is 3. The van der Waals surface area contributed by atoms with Gasteiger partial charge in [-0.15, -0.1) is 11.3 Å². The maximum absolute atomic E-state index is 4.76. The third-order valence-electron chi connectivity index (χ3n) is 3.85. The molecule has 1 aliphatic rings. The monoisotopic (exact) mass is 338 g/mol. The van der Waals surface area contributed by atoms with Crippen LogP contribution in [0.1, 0.15) is 30.7 Å². The van der Waals surface area contributed by atoms with Crippen LogP contribution >= 0.6 is 27.3 Å². The van der Waals surface area contributed by atoms with Crippen LogP contribution in [0.15, 0.2) is 24.3 Å². The normalized spacial score (nSPS) is 20.4. The van der Waals surface area contributed by atoms with Crippen molar-refractivity contribution >= 4 is 37.5 Å². The van der Waals surface area contributed by atoms with Crippen molar-refractivity contribution in [3.05, 3.63) is 29.3 Å². The largest absolute Gasteiger partial charge is 0.294 e. The zero-order valence-electron chi connectivity index (χ0n) is 11.0. The Morgan fingerprint density at radius 2 is 2.26 bits per heavy atom. The molecule has 2 heterocycles. The molecule has 4 heteroatoms. The molecule has 1 aromatic heterocycles. The highest BCUT2D eigenvalue weighted by Gasteiger charge is 2.24. The Balaban J connectivity index is 1.69. The Morgan fingerprint density at radius 3 is 3.11 bits per heavy atom. The molecule has 0 N–H and O–H groups in total. The van der Waals surface area contributed by atoms with E-state index in [4.69, 9.17) is 4.98 Å². The minimum Gasteiger partial charge on any atom is -0.294 e. The number of halogens is 1. The molecule has 102 valence electrons. The number of thiazole rings is 1. The second kappa shape index (κ2) is 6.33. The first kappa shape index (κ1) is 13.5. The molecule has 2 aromatic rings. The van der Waals surface area contributed by atoms with E-state index in [2.05, 4.69) is 45.1 Å². The van der Waals surface area contributed by atoms with Crippen LogP contribution in [-0.4, -0.2) is 27.8 Å². The molecule has 0 amide bonds. The van der Waals surface area contributed by atoms with Gasteiger partial charge in [0.05, 0.1) is 16.8 Å². The molecule has 1 aliphatic heterocycles. The van der Waals surface area contributed by atoms with Gasteiger partial charge in [0.15, 0.2) is 0 Å². The SMILES string of the molecule is BrCCCC1CCCN1Cc1nc2ccccc2s1. The van der Waals surface area contributed by atoms with E-state index < -0.39 is 0 Å². The maximum atomic E-state index is 4.76. The van der Waals surface area contributed by atoms with Gasteiger partial charge in [0.1, 0.15) is 5.01 Å². The predicted octanol–water partition coefficient (Wildman–Crippen LogP) is 4.44. The molecule has 0 radical (unpaired) electrons. The summed E-state index contributed by atoms with van der Waals surface area (Å²) < 4.78 is 1.31. The second-order valence-corrected chi connectivity index (χ2v) is 7.08. The molecule has 0 saturated carbocycles. The summed E-state index contributed by atoms with van der Waals surface area (Å²) in [4.78, 5) is 7.38. The van der Waals surface area contributed by atoms with E-state index in [-0.39, 0.29) is 0 Å². The molecule has 1 aromatic carbocycles. The third-order valence-corrected chi connectivity index (χ3v) is 5.43. The van der Waals surface area contributed by atoms with Crippen molar-refractivity contribution in [1.82, 2.24) is 9.88 Å². The van der Waals surface area contributed by atoms with E-state index in [0.717, 1.165) is 23.4 Å². The average Bonchev–Trinajstić information content (AvgIpc) is 3.02. The zero-order valence-corrected chi connectivity index (χ0v) is 13.4. The fourth-order valence-electron chi connectivity index (χ4n) is 2.90. The van der Waals surface area contributed by atoms with Gasteiger partial charge in [-0.3, -0.25) is 4.90 Å². The van der Waals surface area contributed by atoms with Gasteiger partial charge in [0, 0.05) is 11.4 Å². The summed E-state index contributed by atoms with van der Waals surface area (Å²) in [5.41, 5.74) is 1.15. The lowest BCUT2D eigenvalue weighted by Crippen LogP contribution is -2.28. The van der Waals surface area contributed by atoms with Gasteiger partial charge >= 0.3 is 0 Å². The summed E-state index contributed by atoms with van der Waals surface area (Å²) in [6.45, 7) is 2.27. The highest BCUT2D eigenvalue weighted by atomic mass is 79.9. The van der Waals surface area contributed by atoms with E-state index in [1.54, 1.807) is 0 Å². The zero-order chi connectivity index (χ0) is 13.1. The van der Waals surface area contributed by atoms with E-state index in [0.29, 0.717) is 0 Å². The Labute approximate surface area is 127 Å². The van der Waals surface area contributed by atoms with Crippen LogP contribution in [0.25, 0.3) is 10.2 Å². The molecule has 3 rings (SSSR count). The van der Waals surface area contributed by atoms with Crippen molar-refractivity contribution in [3.8, 4) is 0 Å². The second-order valence-electron chi connectivity index (χ2n) is 5.17. The minimum absolute atomic E-state index is 0.768. The number of benzene rings is 1. The first-order valence-electron chi connectivity index (χ1n) is 7.01. The maximum Gasteiger partial charge on any atom is 0.108 e. The number of hydrogen-bond donors (Lipinski definition) is 0. The van der Waals surface area contributed by atoms with Crippen LogP contribution in [0, 0.1) is 0 Å². The summed E-state index contributed by atoms with van der Waals surface area (Å²) >= 11 is 5.39. The number of fused-ring (bicyclic) bond motifs is 1. The summed E-state index contributed by atoms with van der Waals surface area (Å²) in [5, 5.41) is 2.39. The van der Waals surface area contributed by atoms with Crippen LogP contribution < -0.4 is 0 Å². The molecule has 1 atom stereocenters. The Kier molecular flexibility index (Phi) is 4.51. The van der Waals surface area contributed by atoms with Gasteiger partial charge in [0.25, 0.3) is 0 Å². The van der Waals surface area contributed by atoms with E-state index in [1.807, 2.05) is 11.3 Å². The minimum atomic E-state index is 0.768. The van der Waals surface area contributed by atoms with Crippen LogP contribution in [0.5, 0.6) is 0 Å². The molecule has 0 spiro atoms. The predicted molar refractivity (Wildman–Crippen MR) is 86.1 cm³/mol. The quantitative estimate of drug-likeness (QED) is 0.749. The third kappa shape index (κ3) is 3.18. The first-order chi connectivity index (χ1) is 9.36. The lowest BCUT2D eigenvalue weighted by atomic mass is 10.1. The van der Waals surface area contributed by atoms with Crippen LogP contribution in [0.2, 0.25) is 0 Å². The summed E-state index contributed by atoms with van der Waals surface area (Å²) in [6, 6.07) is 9.22. The van der Waals surface area contributed by atoms with Crippen molar-refractivity contribution in [3.63, 3.8) is 0 Å². The molecule has 2 nitrogen and oxygen atoms in total. The van der Waals surface area contributed by atoms with Gasteiger partial charge in [-0.2, -0.15) is 0 Å². The van der Waals surface area contributed by atoms with Crippen LogP contribution in [0.3, 0.4) is 0 Å². The highest BCUT2D eigenvalue weighted by Crippen LogP contribution is 2.27. The van der Waals surface area contributed by atoms with Crippen molar-refractivity contribution < 1.29 is 0 Å². The Bertz CT molecular complexity index is 507. The van der Waals surface area contributed by atoms with Crippen molar-refractivity contribution in [2.24, 2.45) is 0 Å². The number of aromatic nitrogens is 1. The lowest BCUT2D eigenvalue weighted by molar-refractivity contribution is 0.234. The van der Waals surface area contributed by atoms with Crippen LogP contribution in [0.4, 0.5) is 0 Å². The smallest absolute Gasteiger partial charge is 0.108 e. The summed E-state index contributed by atoms with van der Waals surface area (Å²) in [6.07, 6.45) is 5.30. The molecular formula is C15H19BrN2S. The number of likely N-dealkylation sites (tertiary alicyclic amines) is 1. The number of nitrogens with zero attached hydrogens (tertiary/aromatic N) is 2. The van der Waals surface area contributed by atoms with Crippen molar-refractivity contribution in [1.29, 1.82) is 0 Å². The van der Waals surface area contributed by atoms with Crippen LogP contribution in [-0.2, 0) is 6.54 Å². The van der Waals surface area contributed by atoms with E-state index in [9.17, 15) is 0 Å². The van der Waals surface area contributed by atoms with Crippen molar-refractivity contribution in [2.45, 2.75) is 38.3 Å². The fourth-order valence-corrected chi connectivity index (χ4v) is 4.22. The topological polar surface area (TPSA) is 16.1 Å². The first-order valence-corrected chi connectivity index (χ1v) is 8.95. The lowest BCUT2D eigenvalue weighted by Gasteiger charge is -2.23. The average molecular weight is 339 g/mol. The molecule has 1 fully saturated rings. The Morgan fingerprint density at radius 1 is 1.37 bits per heavy atom. The summed E-state index contributed by atoms with van der Waals surface area (Å²) in [5.74, 6) is 0. The molecule has 19 heavy (non-hydrogen) atoms. The standard InChI is InChI=1S/C15H19BrN2S/c16-9-3-5-12-6-4-10-18(12)11-15-17-13-7-1-2-8-14(13)19-15/h1-2,7-8,12H,3-6,9-11H2. The Hall–Kier alpha value is -0.450.